The van der Waals surface area contributed by atoms with Crippen molar-refractivity contribution in [1.82, 2.24) is 20.1 Å². The van der Waals surface area contributed by atoms with E-state index in [1.807, 2.05) is 54.4 Å². The summed E-state index contributed by atoms with van der Waals surface area (Å²) in [5.41, 5.74) is 1.81. The number of para-hydroxylation sites is 1. The maximum Gasteiger partial charge on any atom is 0.249 e. The molecule has 0 spiro atoms. The fourth-order valence-electron chi connectivity index (χ4n) is 3.04. The van der Waals surface area contributed by atoms with E-state index >= 15 is 0 Å². The van der Waals surface area contributed by atoms with Crippen molar-refractivity contribution >= 4 is 17.4 Å². The molecule has 1 fully saturated rings. The molecule has 0 saturated carbocycles. The topological polar surface area (TPSA) is 75.4 Å². The molecule has 26 heavy (non-hydrogen) atoms. The Balaban J connectivity index is 1.52. The summed E-state index contributed by atoms with van der Waals surface area (Å²) in [6.45, 7) is 0.611. The van der Waals surface area contributed by atoms with E-state index in [0.29, 0.717) is 24.7 Å². The number of amides is 1. The third kappa shape index (κ3) is 3.03. The second-order valence-electron chi connectivity index (χ2n) is 6.42. The first kappa shape index (κ1) is 16.3. The highest BCUT2D eigenvalue weighted by atomic mass is 16.4. The van der Waals surface area contributed by atoms with Gasteiger partial charge in [-0.05, 0) is 24.3 Å². The van der Waals surface area contributed by atoms with E-state index in [1.54, 1.807) is 18.1 Å². The average molecular weight is 349 g/mol. The number of likely N-dealkylation sites (N-methyl/N-ethyl adjacent to an activating group) is 1. The van der Waals surface area contributed by atoms with E-state index in [-0.39, 0.29) is 11.8 Å². The van der Waals surface area contributed by atoms with Gasteiger partial charge in [0.2, 0.25) is 17.7 Å². The third-order valence-corrected chi connectivity index (χ3v) is 4.61. The average Bonchev–Trinajstić information content (AvgIpc) is 3.29. The van der Waals surface area contributed by atoms with Crippen molar-refractivity contribution in [2.45, 2.75) is 12.3 Å². The zero-order valence-corrected chi connectivity index (χ0v) is 14.7. The highest BCUT2D eigenvalue weighted by Gasteiger charge is 2.32. The Morgan fingerprint density at radius 2 is 1.96 bits per heavy atom. The number of aromatic nitrogens is 3. The lowest BCUT2D eigenvalue weighted by Crippen LogP contribution is -2.18. The molecule has 1 unspecified atom stereocenters. The number of anilines is 2. The van der Waals surface area contributed by atoms with Crippen LogP contribution in [0.3, 0.4) is 0 Å². The van der Waals surface area contributed by atoms with Crippen LogP contribution in [0.4, 0.5) is 11.5 Å². The van der Waals surface area contributed by atoms with Gasteiger partial charge in [0.15, 0.2) is 0 Å². The number of nitrogens with zero attached hydrogens (tertiary/aromatic N) is 5. The van der Waals surface area contributed by atoms with Gasteiger partial charge in [-0.1, -0.05) is 18.2 Å². The van der Waals surface area contributed by atoms with Crippen molar-refractivity contribution in [3.63, 3.8) is 0 Å². The van der Waals surface area contributed by atoms with Crippen molar-refractivity contribution in [2.75, 3.05) is 25.5 Å². The predicted molar refractivity (Wildman–Crippen MR) is 97.0 cm³/mol. The van der Waals surface area contributed by atoms with Crippen LogP contribution in [0, 0.1) is 0 Å². The summed E-state index contributed by atoms with van der Waals surface area (Å²) in [4.78, 5) is 19.9. The Morgan fingerprint density at radius 1 is 1.15 bits per heavy atom. The lowest BCUT2D eigenvalue weighted by atomic mass is 10.1. The van der Waals surface area contributed by atoms with Crippen LogP contribution in [0.5, 0.6) is 0 Å². The van der Waals surface area contributed by atoms with E-state index in [1.165, 1.54) is 0 Å². The Kier molecular flexibility index (Phi) is 4.12. The molecule has 2 aromatic heterocycles. The Bertz CT molecular complexity index is 907. The monoisotopic (exact) mass is 349 g/mol. The SMILES string of the molecule is CN1CC(c2nnc(-c3ccc(N(C)c4ccccc4)nc3)o2)CC1=O. The van der Waals surface area contributed by atoms with Gasteiger partial charge in [0.05, 0.1) is 11.5 Å². The molecule has 1 amide bonds. The lowest BCUT2D eigenvalue weighted by Gasteiger charge is -2.18. The summed E-state index contributed by atoms with van der Waals surface area (Å²) >= 11 is 0. The molecule has 132 valence electrons. The van der Waals surface area contributed by atoms with Crippen molar-refractivity contribution in [1.29, 1.82) is 0 Å². The first-order chi connectivity index (χ1) is 12.6. The predicted octanol–water partition coefficient (Wildman–Crippen LogP) is 2.85. The molecule has 1 atom stereocenters. The molecule has 3 heterocycles. The van der Waals surface area contributed by atoms with Crippen LogP contribution in [0.25, 0.3) is 11.5 Å². The zero-order chi connectivity index (χ0) is 18.1. The lowest BCUT2D eigenvalue weighted by molar-refractivity contribution is -0.126. The maximum absolute atomic E-state index is 11.7. The number of hydrogen-bond donors (Lipinski definition) is 0. The number of pyridine rings is 1. The molecule has 0 radical (unpaired) electrons. The van der Waals surface area contributed by atoms with Gasteiger partial charge in [-0.2, -0.15) is 0 Å². The molecule has 0 aliphatic carbocycles. The van der Waals surface area contributed by atoms with Gasteiger partial charge < -0.3 is 14.2 Å². The minimum absolute atomic E-state index is 0.0369. The second kappa shape index (κ2) is 6.59. The van der Waals surface area contributed by atoms with E-state index in [4.69, 9.17) is 4.42 Å². The molecule has 4 rings (SSSR count). The number of hydrogen-bond acceptors (Lipinski definition) is 6. The summed E-state index contributed by atoms with van der Waals surface area (Å²) < 4.78 is 5.78. The van der Waals surface area contributed by atoms with Gasteiger partial charge in [0, 0.05) is 38.9 Å². The largest absolute Gasteiger partial charge is 0.420 e. The van der Waals surface area contributed by atoms with Gasteiger partial charge in [0.25, 0.3) is 0 Å². The molecule has 1 aliphatic heterocycles. The van der Waals surface area contributed by atoms with Crippen LogP contribution in [0.15, 0.2) is 53.1 Å². The number of carbonyl (C=O) groups excluding carboxylic acids is 1. The minimum atomic E-state index is -0.0369. The van der Waals surface area contributed by atoms with Crippen LogP contribution in [0.2, 0.25) is 0 Å². The van der Waals surface area contributed by atoms with E-state index in [0.717, 1.165) is 17.1 Å². The van der Waals surface area contributed by atoms with Crippen LogP contribution < -0.4 is 4.90 Å². The summed E-state index contributed by atoms with van der Waals surface area (Å²) in [5, 5.41) is 8.23. The van der Waals surface area contributed by atoms with Crippen LogP contribution >= 0.6 is 0 Å². The zero-order valence-electron chi connectivity index (χ0n) is 14.7. The number of carbonyl (C=O) groups is 1. The Morgan fingerprint density at radius 3 is 2.62 bits per heavy atom. The van der Waals surface area contributed by atoms with Crippen LogP contribution in [0.1, 0.15) is 18.2 Å². The van der Waals surface area contributed by atoms with Gasteiger partial charge in [-0.3, -0.25) is 4.79 Å². The molecular weight excluding hydrogens is 330 g/mol. The van der Waals surface area contributed by atoms with E-state index in [9.17, 15) is 4.79 Å². The molecule has 1 aliphatic rings. The van der Waals surface area contributed by atoms with Crippen LogP contribution in [-0.4, -0.2) is 46.6 Å². The minimum Gasteiger partial charge on any atom is -0.420 e. The molecule has 0 bridgehead atoms. The van der Waals surface area contributed by atoms with Gasteiger partial charge in [-0.25, -0.2) is 4.98 Å². The third-order valence-electron chi connectivity index (χ3n) is 4.61. The quantitative estimate of drug-likeness (QED) is 0.721. The number of benzene rings is 1. The van der Waals surface area contributed by atoms with Crippen molar-refractivity contribution in [3.05, 3.63) is 54.6 Å². The summed E-state index contributed by atoms with van der Waals surface area (Å²) in [5.74, 6) is 1.81. The molecule has 1 aromatic carbocycles. The number of rotatable bonds is 4. The Labute approximate surface area is 151 Å². The van der Waals surface area contributed by atoms with Crippen molar-refractivity contribution < 1.29 is 9.21 Å². The van der Waals surface area contributed by atoms with Crippen LogP contribution in [-0.2, 0) is 4.79 Å². The molecular formula is C19H19N5O2. The summed E-state index contributed by atoms with van der Waals surface area (Å²) in [7, 11) is 3.75. The summed E-state index contributed by atoms with van der Waals surface area (Å²) in [6.07, 6.45) is 2.13. The molecule has 1 saturated heterocycles. The van der Waals surface area contributed by atoms with Gasteiger partial charge in [-0.15, -0.1) is 10.2 Å². The molecule has 7 nitrogen and oxygen atoms in total. The fraction of sp³-hybridized carbons (Fsp3) is 0.263. The highest BCUT2D eigenvalue weighted by molar-refractivity contribution is 5.79. The highest BCUT2D eigenvalue weighted by Crippen LogP contribution is 2.29. The fourth-order valence-corrected chi connectivity index (χ4v) is 3.04. The Hall–Kier alpha value is -3.22. The van der Waals surface area contributed by atoms with Crippen molar-refractivity contribution in [2.24, 2.45) is 0 Å². The normalized spacial score (nSPS) is 16.9. The molecule has 3 aromatic rings. The maximum atomic E-state index is 11.7. The van der Waals surface area contributed by atoms with Gasteiger partial charge in [0.1, 0.15) is 5.82 Å². The van der Waals surface area contributed by atoms with Crippen molar-refractivity contribution in [3.8, 4) is 11.5 Å². The first-order valence-electron chi connectivity index (χ1n) is 8.44. The smallest absolute Gasteiger partial charge is 0.249 e. The first-order valence-corrected chi connectivity index (χ1v) is 8.44. The number of likely N-dealkylation sites (tertiary alicyclic amines) is 1. The molecule has 7 heteroatoms. The van der Waals surface area contributed by atoms with Gasteiger partial charge >= 0.3 is 0 Å². The van der Waals surface area contributed by atoms with E-state index in [2.05, 4.69) is 15.2 Å². The standard InChI is InChI=1S/C19H19N5O2/c1-23-12-14(10-17(23)25)19-22-21-18(26-19)13-8-9-16(20-11-13)24(2)15-6-4-3-5-7-15/h3-9,11,14H,10,12H2,1-2H3. The second-order valence-corrected chi connectivity index (χ2v) is 6.42. The molecule has 0 N–H and O–H groups in total. The van der Waals surface area contributed by atoms with E-state index < -0.39 is 0 Å². The summed E-state index contributed by atoms with van der Waals surface area (Å²) in [6, 6.07) is 13.8.